The minimum absolute atomic E-state index is 0.0447. The van der Waals surface area contributed by atoms with E-state index in [9.17, 15) is 20.2 Å². The molecule has 0 aliphatic rings. The topological polar surface area (TPSA) is 105 Å². The number of nitrogens with zero attached hydrogens (tertiary/aromatic N) is 2. The molecule has 0 bridgehead atoms. The van der Waals surface area contributed by atoms with Crippen molar-refractivity contribution in [3.63, 3.8) is 0 Å². The van der Waals surface area contributed by atoms with E-state index in [1.165, 1.54) is 18.2 Å². The zero-order valence-corrected chi connectivity index (χ0v) is 17.9. The number of nitro benzene ring substituents is 1. The molecule has 0 spiro atoms. The quantitative estimate of drug-likeness (QED) is 0.197. The Morgan fingerprint density at radius 2 is 1.81 bits per heavy atom. The normalized spacial score (nSPS) is 10.8. The van der Waals surface area contributed by atoms with E-state index in [0.717, 1.165) is 0 Å². The van der Waals surface area contributed by atoms with E-state index >= 15 is 0 Å². The SMILES string of the molecule is N#C/C(=C\c1cc(Cl)ccc1OCc1cccc([N+](=O)[O-])c1)C(=O)Nc1ccc(Cl)cc1. The van der Waals surface area contributed by atoms with Gasteiger partial charge in [-0.2, -0.15) is 5.26 Å². The maximum atomic E-state index is 12.5. The first-order valence-corrected chi connectivity index (χ1v) is 9.95. The van der Waals surface area contributed by atoms with Gasteiger partial charge in [0, 0.05) is 33.4 Å². The van der Waals surface area contributed by atoms with Crippen molar-refractivity contribution >= 4 is 46.6 Å². The summed E-state index contributed by atoms with van der Waals surface area (Å²) in [6, 6.07) is 19.1. The molecule has 0 atom stereocenters. The van der Waals surface area contributed by atoms with Crippen molar-refractivity contribution in [2.24, 2.45) is 0 Å². The van der Waals surface area contributed by atoms with E-state index in [1.54, 1.807) is 54.6 Å². The van der Waals surface area contributed by atoms with Crippen LogP contribution in [-0.2, 0) is 11.4 Å². The van der Waals surface area contributed by atoms with Gasteiger partial charge in [-0.3, -0.25) is 14.9 Å². The average molecular weight is 468 g/mol. The van der Waals surface area contributed by atoms with Crippen molar-refractivity contribution in [2.75, 3.05) is 5.32 Å². The molecule has 0 saturated carbocycles. The second-order valence-electron chi connectivity index (χ2n) is 6.53. The largest absolute Gasteiger partial charge is 0.488 e. The van der Waals surface area contributed by atoms with Crippen LogP contribution in [0.1, 0.15) is 11.1 Å². The van der Waals surface area contributed by atoms with Crippen LogP contribution in [0.3, 0.4) is 0 Å². The first kappa shape index (κ1) is 22.8. The van der Waals surface area contributed by atoms with E-state index < -0.39 is 10.8 Å². The molecule has 3 aromatic rings. The van der Waals surface area contributed by atoms with Crippen LogP contribution in [0, 0.1) is 21.4 Å². The number of carbonyl (C=O) groups excluding carboxylic acids is 1. The van der Waals surface area contributed by atoms with Crippen LogP contribution in [0.5, 0.6) is 5.75 Å². The van der Waals surface area contributed by atoms with Crippen LogP contribution < -0.4 is 10.1 Å². The molecule has 1 amide bonds. The van der Waals surface area contributed by atoms with Crippen molar-refractivity contribution in [3.05, 3.63) is 104 Å². The van der Waals surface area contributed by atoms with Gasteiger partial charge in [-0.15, -0.1) is 0 Å². The van der Waals surface area contributed by atoms with Crippen LogP contribution in [0.15, 0.2) is 72.3 Å². The Morgan fingerprint density at radius 3 is 2.50 bits per heavy atom. The maximum Gasteiger partial charge on any atom is 0.269 e. The molecule has 0 aliphatic heterocycles. The zero-order chi connectivity index (χ0) is 23.1. The molecular weight excluding hydrogens is 453 g/mol. The summed E-state index contributed by atoms with van der Waals surface area (Å²) in [5.74, 6) is -0.257. The lowest BCUT2D eigenvalue weighted by atomic mass is 10.1. The van der Waals surface area contributed by atoms with Crippen LogP contribution in [-0.4, -0.2) is 10.8 Å². The van der Waals surface area contributed by atoms with Crippen LogP contribution in [0.4, 0.5) is 11.4 Å². The Balaban J connectivity index is 1.82. The summed E-state index contributed by atoms with van der Waals surface area (Å²) >= 11 is 11.9. The van der Waals surface area contributed by atoms with Gasteiger partial charge in [0.15, 0.2) is 0 Å². The average Bonchev–Trinajstić information content (AvgIpc) is 2.78. The smallest absolute Gasteiger partial charge is 0.269 e. The van der Waals surface area contributed by atoms with E-state index in [1.807, 2.05) is 6.07 Å². The molecule has 0 fully saturated rings. The monoisotopic (exact) mass is 467 g/mol. The molecule has 0 aromatic heterocycles. The summed E-state index contributed by atoms with van der Waals surface area (Å²) < 4.78 is 5.79. The summed E-state index contributed by atoms with van der Waals surface area (Å²) in [7, 11) is 0. The number of rotatable bonds is 7. The number of anilines is 1. The van der Waals surface area contributed by atoms with Crippen LogP contribution in [0.25, 0.3) is 6.08 Å². The highest BCUT2D eigenvalue weighted by atomic mass is 35.5. The number of nitrogens with one attached hydrogen (secondary N) is 1. The number of nitro groups is 1. The number of nitriles is 1. The third kappa shape index (κ3) is 6.08. The lowest BCUT2D eigenvalue weighted by Crippen LogP contribution is -2.13. The zero-order valence-electron chi connectivity index (χ0n) is 16.4. The number of carbonyl (C=O) groups is 1. The van der Waals surface area contributed by atoms with Gasteiger partial charge in [-0.05, 0) is 54.1 Å². The Labute approximate surface area is 193 Å². The molecule has 9 heteroatoms. The Hall–Kier alpha value is -3.86. The summed E-state index contributed by atoms with van der Waals surface area (Å²) in [6.07, 6.45) is 1.36. The van der Waals surface area contributed by atoms with Gasteiger partial charge in [0.2, 0.25) is 0 Å². The van der Waals surface area contributed by atoms with Crippen molar-refractivity contribution in [1.82, 2.24) is 0 Å². The van der Waals surface area contributed by atoms with E-state index in [0.29, 0.717) is 32.6 Å². The highest BCUT2D eigenvalue weighted by Crippen LogP contribution is 2.27. The molecule has 0 unspecified atom stereocenters. The van der Waals surface area contributed by atoms with Gasteiger partial charge in [0.05, 0.1) is 4.92 Å². The molecule has 7 nitrogen and oxygen atoms in total. The second kappa shape index (κ2) is 10.4. The molecule has 3 aromatic carbocycles. The third-order valence-corrected chi connectivity index (χ3v) is 4.74. The maximum absolute atomic E-state index is 12.5. The molecule has 1 N–H and O–H groups in total. The molecule has 3 rings (SSSR count). The van der Waals surface area contributed by atoms with Gasteiger partial charge in [0.1, 0.15) is 24.0 Å². The van der Waals surface area contributed by atoms with Gasteiger partial charge in [-0.25, -0.2) is 0 Å². The number of non-ortho nitro benzene ring substituents is 1. The van der Waals surface area contributed by atoms with E-state index in [-0.39, 0.29) is 17.9 Å². The first-order chi connectivity index (χ1) is 15.4. The fourth-order valence-electron chi connectivity index (χ4n) is 2.72. The van der Waals surface area contributed by atoms with Gasteiger partial charge >= 0.3 is 0 Å². The lowest BCUT2D eigenvalue weighted by Gasteiger charge is -2.11. The minimum Gasteiger partial charge on any atom is -0.488 e. The number of hydrogen-bond acceptors (Lipinski definition) is 5. The Kier molecular flexibility index (Phi) is 7.45. The number of amides is 1. The summed E-state index contributed by atoms with van der Waals surface area (Å²) in [5, 5.41) is 24.0. The van der Waals surface area contributed by atoms with Crippen molar-refractivity contribution < 1.29 is 14.5 Å². The number of hydrogen-bond donors (Lipinski definition) is 1. The van der Waals surface area contributed by atoms with Gasteiger partial charge in [0.25, 0.3) is 11.6 Å². The predicted molar refractivity (Wildman–Crippen MR) is 123 cm³/mol. The van der Waals surface area contributed by atoms with Crippen molar-refractivity contribution in [3.8, 4) is 11.8 Å². The van der Waals surface area contributed by atoms with Gasteiger partial charge < -0.3 is 10.1 Å². The number of ether oxygens (including phenoxy) is 1. The fraction of sp³-hybridized carbons (Fsp3) is 0.0435. The Morgan fingerprint density at radius 1 is 1.09 bits per heavy atom. The summed E-state index contributed by atoms with van der Waals surface area (Å²) in [6.45, 7) is 0.0447. The molecule has 0 saturated heterocycles. The predicted octanol–water partition coefficient (Wildman–Crippen LogP) is 6.03. The van der Waals surface area contributed by atoms with Crippen LogP contribution >= 0.6 is 23.2 Å². The van der Waals surface area contributed by atoms with E-state index in [2.05, 4.69) is 5.32 Å². The van der Waals surface area contributed by atoms with Crippen molar-refractivity contribution in [2.45, 2.75) is 6.61 Å². The minimum atomic E-state index is -0.612. The molecular formula is C23H15Cl2N3O4. The number of benzene rings is 3. The Bertz CT molecular complexity index is 1230. The molecule has 0 aliphatic carbocycles. The van der Waals surface area contributed by atoms with E-state index in [4.69, 9.17) is 27.9 Å². The van der Waals surface area contributed by atoms with Crippen molar-refractivity contribution in [1.29, 1.82) is 5.26 Å². The highest BCUT2D eigenvalue weighted by Gasteiger charge is 2.13. The first-order valence-electron chi connectivity index (χ1n) is 9.20. The lowest BCUT2D eigenvalue weighted by molar-refractivity contribution is -0.384. The van der Waals surface area contributed by atoms with Gasteiger partial charge in [-0.1, -0.05) is 35.3 Å². The fourth-order valence-corrected chi connectivity index (χ4v) is 3.03. The third-order valence-electron chi connectivity index (χ3n) is 4.25. The second-order valence-corrected chi connectivity index (χ2v) is 7.40. The number of halogens is 2. The standard InChI is InChI=1S/C23H15Cl2N3O4/c24-18-4-7-20(8-5-18)27-23(29)17(13-26)11-16-12-19(25)6-9-22(16)32-14-15-2-1-3-21(10-15)28(30)31/h1-12H,14H2,(H,27,29)/b17-11+. The highest BCUT2D eigenvalue weighted by molar-refractivity contribution is 6.31. The molecule has 160 valence electrons. The summed E-state index contributed by atoms with van der Waals surface area (Å²) in [5.41, 5.74) is 1.26. The van der Waals surface area contributed by atoms with Crippen LogP contribution in [0.2, 0.25) is 10.0 Å². The summed E-state index contributed by atoms with van der Waals surface area (Å²) in [4.78, 5) is 23.0. The molecule has 0 radical (unpaired) electrons. The molecule has 0 heterocycles. The molecule has 32 heavy (non-hydrogen) atoms.